The van der Waals surface area contributed by atoms with Crippen molar-refractivity contribution in [2.75, 3.05) is 26.2 Å². The molecule has 1 aromatic carbocycles. The number of nitrogens with one attached hydrogen (secondary N) is 3. The molecule has 0 radical (unpaired) electrons. The minimum absolute atomic E-state index is 0.0268. The SMILES string of the molecule is CCCNC(=O)CN1CCC(NC(=O)C(NC(=O)c2cccc(C)c2)C(C)C)CC1. The van der Waals surface area contributed by atoms with E-state index < -0.39 is 6.04 Å². The van der Waals surface area contributed by atoms with Gasteiger partial charge in [-0.25, -0.2) is 0 Å². The molecule has 1 fully saturated rings. The summed E-state index contributed by atoms with van der Waals surface area (Å²) in [6.07, 6.45) is 2.52. The Kier molecular flexibility index (Phi) is 9.30. The van der Waals surface area contributed by atoms with E-state index in [1.54, 1.807) is 6.07 Å². The van der Waals surface area contributed by atoms with Crippen molar-refractivity contribution in [3.8, 4) is 0 Å². The Hall–Kier alpha value is -2.41. The van der Waals surface area contributed by atoms with Crippen molar-refractivity contribution in [3.63, 3.8) is 0 Å². The van der Waals surface area contributed by atoms with Crippen LogP contribution in [0.1, 0.15) is 56.0 Å². The fourth-order valence-corrected chi connectivity index (χ4v) is 3.60. The maximum atomic E-state index is 12.9. The first kappa shape index (κ1) is 23.9. The Morgan fingerprint density at radius 3 is 2.47 bits per heavy atom. The minimum Gasteiger partial charge on any atom is -0.355 e. The molecule has 0 saturated carbocycles. The van der Waals surface area contributed by atoms with Gasteiger partial charge in [0, 0.05) is 31.2 Å². The predicted octanol–water partition coefficient (Wildman–Crippen LogP) is 1.86. The molecule has 7 heteroatoms. The molecular weight excluding hydrogens is 380 g/mol. The highest BCUT2D eigenvalue weighted by atomic mass is 16.2. The van der Waals surface area contributed by atoms with Crippen LogP contribution in [-0.2, 0) is 9.59 Å². The predicted molar refractivity (Wildman–Crippen MR) is 118 cm³/mol. The molecule has 0 aliphatic carbocycles. The van der Waals surface area contributed by atoms with E-state index in [0.29, 0.717) is 18.7 Å². The second-order valence-corrected chi connectivity index (χ2v) is 8.47. The van der Waals surface area contributed by atoms with E-state index in [4.69, 9.17) is 0 Å². The van der Waals surface area contributed by atoms with Crippen LogP contribution in [0.3, 0.4) is 0 Å². The molecule has 1 atom stereocenters. The average molecular weight is 417 g/mol. The van der Waals surface area contributed by atoms with Gasteiger partial charge in [0.2, 0.25) is 11.8 Å². The van der Waals surface area contributed by atoms with Crippen LogP contribution in [-0.4, -0.2) is 60.9 Å². The molecule has 0 aromatic heterocycles. The van der Waals surface area contributed by atoms with Gasteiger partial charge in [-0.1, -0.05) is 38.5 Å². The number of piperidine rings is 1. The molecule has 2 rings (SSSR count). The maximum Gasteiger partial charge on any atom is 0.251 e. The van der Waals surface area contributed by atoms with Crippen molar-refractivity contribution in [1.29, 1.82) is 0 Å². The van der Waals surface area contributed by atoms with Gasteiger partial charge in [-0.3, -0.25) is 19.3 Å². The number of amides is 3. The third-order valence-corrected chi connectivity index (χ3v) is 5.39. The van der Waals surface area contributed by atoms with Crippen molar-refractivity contribution in [2.24, 2.45) is 5.92 Å². The third kappa shape index (κ3) is 7.44. The van der Waals surface area contributed by atoms with Crippen LogP contribution in [0.25, 0.3) is 0 Å². The summed E-state index contributed by atoms with van der Waals surface area (Å²) in [5.74, 6) is -0.357. The van der Waals surface area contributed by atoms with E-state index in [0.717, 1.165) is 37.9 Å². The number of hydrogen-bond donors (Lipinski definition) is 3. The Morgan fingerprint density at radius 2 is 1.87 bits per heavy atom. The van der Waals surface area contributed by atoms with Crippen molar-refractivity contribution in [1.82, 2.24) is 20.9 Å². The number of hydrogen-bond acceptors (Lipinski definition) is 4. The first-order chi connectivity index (χ1) is 14.3. The summed E-state index contributed by atoms with van der Waals surface area (Å²) in [4.78, 5) is 39.4. The lowest BCUT2D eigenvalue weighted by Crippen LogP contribution is -2.54. The summed E-state index contributed by atoms with van der Waals surface area (Å²) in [5, 5.41) is 8.88. The van der Waals surface area contributed by atoms with Gasteiger partial charge in [-0.15, -0.1) is 0 Å². The zero-order chi connectivity index (χ0) is 22.1. The number of aryl methyl sites for hydroxylation is 1. The lowest BCUT2D eigenvalue weighted by atomic mass is 10.00. The van der Waals surface area contributed by atoms with Gasteiger partial charge in [0.05, 0.1) is 6.54 Å². The van der Waals surface area contributed by atoms with Crippen LogP contribution in [0.15, 0.2) is 24.3 Å². The fraction of sp³-hybridized carbons (Fsp3) is 0.609. The Labute approximate surface area is 180 Å². The van der Waals surface area contributed by atoms with Gasteiger partial charge >= 0.3 is 0 Å². The maximum absolute atomic E-state index is 12.9. The second-order valence-electron chi connectivity index (χ2n) is 8.47. The molecule has 1 saturated heterocycles. The normalized spacial score (nSPS) is 16.2. The van der Waals surface area contributed by atoms with Crippen molar-refractivity contribution < 1.29 is 14.4 Å². The topological polar surface area (TPSA) is 90.5 Å². The number of nitrogens with zero attached hydrogens (tertiary/aromatic N) is 1. The van der Waals surface area contributed by atoms with E-state index in [1.807, 2.05) is 45.9 Å². The molecule has 1 aliphatic heterocycles. The summed E-state index contributed by atoms with van der Waals surface area (Å²) < 4.78 is 0. The molecule has 1 unspecified atom stereocenters. The number of carbonyl (C=O) groups excluding carboxylic acids is 3. The average Bonchev–Trinajstić information content (AvgIpc) is 2.71. The zero-order valence-electron chi connectivity index (χ0n) is 18.7. The molecule has 0 spiro atoms. The largest absolute Gasteiger partial charge is 0.355 e. The molecule has 1 heterocycles. The lowest BCUT2D eigenvalue weighted by Gasteiger charge is -2.33. The van der Waals surface area contributed by atoms with Gasteiger partial charge < -0.3 is 16.0 Å². The molecule has 166 valence electrons. The highest BCUT2D eigenvalue weighted by molar-refractivity contribution is 5.97. The van der Waals surface area contributed by atoms with E-state index in [2.05, 4.69) is 20.9 Å². The number of likely N-dealkylation sites (tertiary alicyclic amines) is 1. The monoisotopic (exact) mass is 416 g/mol. The molecule has 3 amide bonds. The first-order valence-electron chi connectivity index (χ1n) is 11.0. The summed E-state index contributed by atoms with van der Waals surface area (Å²) in [6, 6.07) is 6.82. The summed E-state index contributed by atoms with van der Waals surface area (Å²) >= 11 is 0. The van der Waals surface area contributed by atoms with Crippen LogP contribution < -0.4 is 16.0 Å². The van der Waals surface area contributed by atoms with Crippen LogP contribution in [0.2, 0.25) is 0 Å². The number of rotatable bonds is 9. The standard InChI is InChI=1S/C23H36N4O3/c1-5-11-24-20(28)15-27-12-9-19(10-13-27)25-23(30)21(16(2)3)26-22(29)18-8-6-7-17(4)14-18/h6-8,14,16,19,21H,5,9-13,15H2,1-4H3,(H,24,28)(H,25,30)(H,26,29). The first-order valence-corrected chi connectivity index (χ1v) is 11.0. The zero-order valence-corrected chi connectivity index (χ0v) is 18.7. The van der Waals surface area contributed by atoms with E-state index in [1.165, 1.54) is 0 Å². The van der Waals surface area contributed by atoms with Crippen LogP contribution in [0.4, 0.5) is 0 Å². The Bertz CT molecular complexity index is 727. The Balaban J connectivity index is 1.84. The van der Waals surface area contributed by atoms with Gasteiger partial charge in [-0.2, -0.15) is 0 Å². The molecule has 3 N–H and O–H groups in total. The van der Waals surface area contributed by atoms with Gasteiger partial charge in [0.1, 0.15) is 6.04 Å². The number of carbonyl (C=O) groups is 3. The molecule has 30 heavy (non-hydrogen) atoms. The molecule has 1 aromatic rings. The van der Waals surface area contributed by atoms with Crippen molar-refractivity contribution >= 4 is 17.7 Å². The quantitative estimate of drug-likeness (QED) is 0.573. The van der Waals surface area contributed by atoms with Crippen molar-refractivity contribution in [2.45, 2.75) is 59.0 Å². The number of benzene rings is 1. The van der Waals surface area contributed by atoms with Crippen LogP contribution >= 0.6 is 0 Å². The van der Waals surface area contributed by atoms with Crippen molar-refractivity contribution in [3.05, 3.63) is 35.4 Å². The minimum atomic E-state index is -0.587. The Morgan fingerprint density at radius 1 is 1.17 bits per heavy atom. The fourth-order valence-electron chi connectivity index (χ4n) is 3.60. The van der Waals surface area contributed by atoms with Gasteiger partial charge in [-0.05, 0) is 44.2 Å². The highest BCUT2D eigenvalue weighted by Gasteiger charge is 2.28. The van der Waals surface area contributed by atoms with E-state index >= 15 is 0 Å². The third-order valence-electron chi connectivity index (χ3n) is 5.39. The van der Waals surface area contributed by atoms with E-state index in [9.17, 15) is 14.4 Å². The van der Waals surface area contributed by atoms with E-state index in [-0.39, 0.29) is 29.7 Å². The second kappa shape index (κ2) is 11.7. The lowest BCUT2D eigenvalue weighted by molar-refractivity contribution is -0.126. The highest BCUT2D eigenvalue weighted by Crippen LogP contribution is 2.12. The summed E-state index contributed by atoms with van der Waals surface area (Å²) in [5.41, 5.74) is 1.56. The molecule has 1 aliphatic rings. The molecule has 7 nitrogen and oxygen atoms in total. The molecule has 0 bridgehead atoms. The summed E-state index contributed by atoms with van der Waals surface area (Å²) in [7, 11) is 0. The van der Waals surface area contributed by atoms with Crippen LogP contribution in [0.5, 0.6) is 0 Å². The molecular formula is C23H36N4O3. The van der Waals surface area contributed by atoms with Gasteiger partial charge in [0.15, 0.2) is 0 Å². The smallest absolute Gasteiger partial charge is 0.251 e. The van der Waals surface area contributed by atoms with Crippen LogP contribution in [0, 0.1) is 12.8 Å². The summed E-state index contributed by atoms with van der Waals surface area (Å²) in [6.45, 7) is 10.5. The van der Waals surface area contributed by atoms with Gasteiger partial charge in [0.25, 0.3) is 5.91 Å².